The molecule has 2 aromatic rings. The van der Waals surface area contributed by atoms with Crippen LogP contribution in [0.4, 0.5) is 5.82 Å². The van der Waals surface area contributed by atoms with Crippen LogP contribution >= 0.6 is 11.6 Å². The molecule has 84 valence electrons. The number of halogens is 1. The lowest BCUT2D eigenvalue weighted by Gasteiger charge is -2.13. The van der Waals surface area contributed by atoms with Crippen LogP contribution in [0, 0.1) is 0 Å². The monoisotopic (exact) mass is 236 g/mol. The minimum atomic E-state index is -0.0469. The molecule has 0 saturated heterocycles. The summed E-state index contributed by atoms with van der Waals surface area (Å²) in [7, 11) is 0. The molecule has 0 bridgehead atoms. The summed E-state index contributed by atoms with van der Waals surface area (Å²) >= 11 is 5.94. The highest BCUT2D eigenvalue weighted by molar-refractivity contribution is 6.30. The van der Waals surface area contributed by atoms with Crippen LogP contribution in [0.3, 0.4) is 0 Å². The molecule has 0 radical (unpaired) electrons. The molecule has 0 saturated carbocycles. The van der Waals surface area contributed by atoms with Crippen molar-refractivity contribution in [3.05, 3.63) is 35.5 Å². The summed E-state index contributed by atoms with van der Waals surface area (Å²) in [4.78, 5) is 4.23. The summed E-state index contributed by atoms with van der Waals surface area (Å²) < 4.78 is 0. The molecule has 1 atom stereocenters. The van der Waals surface area contributed by atoms with E-state index in [-0.39, 0.29) is 12.6 Å². The average molecular weight is 237 g/mol. The maximum Gasteiger partial charge on any atom is 0.135 e. The van der Waals surface area contributed by atoms with Gasteiger partial charge in [-0.05, 0) is 18.4 Å². The molecule has 0 spiro atoms. The van der Waals surface area contributed by atoms with Gasteiger partial charge in [0.25, 0.3) is 0 Å². The SMILES string of the molecule is CC(CO)Nc1nc(Cl)cc2ccccc12. The lowest BCUT2D eigenvalue weighted by Crippen LogP contribution is -2.20. The van der Waals surface area contributed by atoms with E-state index in [2.05, 4.69) is 10.3 Å². The summed E-state index contributed by atoms with van der Waals surface area (Å²) in [6, 6.07) is 9.65. The highest BCUT2D eigenvalue weighted by atomic mass is 35.5. The van der Waals surface area contributed by atoms with Gasteiger partial charge in [0.2, 0.25) is 0 Å². The molecular formula is C12H13ClN2O. The molecule has 2 N–H and O–H groups in total. The fourth-order valence-electron chi connectivity index (χ4n) is 1.56. The molecular weight excluding hydrogens is 224 g/mol. The zero-order chi connectivity index (χ0) is 11.5. The van der Waals surface area contributed by atoms with E-state index in [0.717, 1.165) is 10.8 Å². The van der Waals surface area contributed by atoms with E-state index in [1.165, 1.54) is 0 Å². The Hall–Kier alpha value is -1.32. The maximum absolute atomic E-state index is 9.01. The van der Waals surface area contributed by atoms with Crippen LogP contribution in [0.2, 0.25) is 5.15 Å². The molecule has 16 heavy (non-hydrogen) atoms. The van der Waals surface area contributed by atoms with Gasteiger partial charge in [0.05, 0.1) is 6.61 Å². The van der Waals surface area contributed by atoms with Gasteiger partial charge in [0.1, 0.15) is 11.0 Å². The summed E-state index contributed by atoms with van der Waals surface area (Å²) in [6.07, 6.45) is 0. The van der Waals surface area contributed by atoms with Crippen LogP contribution in [0.5, 0.6) is 0 Å². The van der Waals surface area contributed by atoms with Crippen molar-refractivity contribution >= 4 is 28.2 Å². The van der Waals surface area contributed by atoms with Crippen LogP contribution in [-0.4, -0.2) is 22.7 Å². The Morgan fingerprint density at radius 1 is 1.44 bits per heavy atom. The number of anilines is 1. The molecule has 0 aliphatic carbocycles. The standard InChI is InChI=1S/C12H13ClN2O/c1-8(7-16)14-12-10-5-3-2-4-9(10)6-11(13)15-12/h2-6,8,16H,7H2,1H3,(H,14,15). The Labute approximate surface area is 99.1 Å². The summed E-state index contributed by atoms with van der Waals surface area (Å²) in [5.41, 5.74) is 0. The number of aliphatic hydroxyl groups is 1. The van der Waals surface area contributed by atoms with E-state index in [1.807, 2.05) is 37.3 Å². The number of nitrogens with zero attached hydrogens (tertiary/aromatic N) is 1. The van der Waals surface area contributed by atoms with Crippen LogP contribution in [0.15, 0.2) is 30.3 Å². The predicted octanol–water partition coefficient (Wildman–Crippen LogP) is 2.68. The first kappa shape index (κ1) is 11.2. The first-order valence-electron chi connectivity index (χ1n) is 5.13. The highest BCUT2D eigenvalue weighted by Crippen LogP contribution is 2.24. The average Bonchev–Trinajstić information content (AvgIpc) is 2.28. The summed E-state index contributed by atoms with van der Waals surface area (Å²) in [6.45, 7) is 1.94. The Bertz CT molecular complexity index is 501. The largest absolute Gasteiger partial charge is 0.394 e. The van der Waals surface area contributed by atoms with Crippen molar-refractivity contribution in [3.63, 3.8) is 0 Å². The Morgan fingerprint density at radius 2 is 2.19 bits per heavy atom. The van der Waals surface area contributed by atoms with E-state index >= 15 is 0 Å². The van der Waals surface area contributed by atoms with Gasteiger partial charge in [-0.2, -0.15) is 0 Å². The number of nitrogens with one attached hydrogen (secondary N) is 1. The van der Waals surface area contributed by atoms with E-state index in [1.54, 1.807) is 0 Å². The number of hydrogen-bond donors (Lipinski definition) is 2. The predicted molar refractivity (Wildman–Crippen MR) is 66.9 cm³/mol. The van der Waals surface area contributed by atoms with Crippen molar-refractivity contribution in [1.82, 2.24) is 4.98 Å². The van der Waals surface area contributed by atoms with Crippen molar-refractivity contribution < 1.29 is 5.11 Å². The van der Waals surface area contributed by atoms with Crippen molar-refractivity contribution in [3.8, 4) is 0 Å². The molecule has 4 heteroatoms. The van der Waals surface area contributed by atoms with Gasteiger partial charge < -0.3 is 10.4 Å². The molecule has 0 fully saturated rings. The molecule has 0 aliphatic heterocycles. The molecule has 3 nitrogen and oxygen atoms in total. The molecule has 0 aliphatic rings. The molecule has 2 rings (SSSR count). The number of hydrogen-bond acceptors (Lipinski definition) is 3. The Balaban J connectivity index is 2.50. The van der Waals surface area contributed by atoms with Gasteiger partial charge in [-0.1, -0.05) is 35.9 Å². The normalized spacial score (nSPS) is 12.7. The van der Waals surface area contributed by atoms with Gasteiger partial charge in [-0.25, -0.2) is 4.98 Å². The van der Waals surface area contributed by atoms with Crippen LogP contribution in [0.1, 0.15) is 6.92 Å². The summed E-state index contributed by atoms with van der Waals surface area (Å²) in [5.74, 6) is 0.713. The second kappa shape index (κ2) is 4.68. The first-order chi connectivity index (χ1) is 7.70. The van der Waals surface area contributed by atoms with Gasteiger partial charge in [0, 0.05) is 11.4 Å². The van der Waals surface area contributed by atoms with Crippen LogP contribution in [0.25, 0.3) is 10.8 Å². The third-order valence-electron chi connectivity index (χ3n) is 2.37. The fourth-order valence-corrected chi connectivity index (χ4v) is 1.76. The molecule has 1 heterocycles. The summed E-state index contributed by atoms with van der Waals surface area (Å²) in [5, 5.41) is 14.6. The second-order valence-corrected chi connectivity index (χ2v) is 4.13. The number of pyridine rings is 1. The number of aromatic nitrogens is 1. The topological polar surface area (TPSA) is 45.1 Å². The van der Waals surface area contributed by atoms with Gasteiger partial charge in [0.15, 0.2) is 0 Å². The van der Waals surface area contributed by atoms with Crippen LogP contribution in [-0.2, 0) is 0 Å². The second-order valence-electron chi connectivity index (χ2n) is 3.74. The molecule has 1 aromatic heterocycles. The maximum atomic E-state index is 9.01. The van der Waals surface area contributed by atoms with E-state index in [0.29, 0.717) is 11.0 Å². The number of fused-ring (bicyclic) bond motifs is 1. The number of aliphatic hydroxyl groups excluding tert-OH is 1. The minimum absolute atomic E-state index is 0.0469. The quantitative estimate of drug-likeness (QED) is 0.806. The van der Waals surface area contributed by atoms with Crippen molar-refractivity contribution in [1.29, 1.82) is 0 Å². The zero-order valence-corrected chi connectivity index (χ0v) is 9.70. The first-order valence-corrected chi connectivity index (χ1v) is 5.51. The smallest absolute Gasteiger partial charge is 0.135 e. The minimum Gasteiger partial charge on any atom is -0.394 e. The highest BCUT2D eigenvalue weighted by Gasteiger charge is 2.07. The fraction of sp³-hybridized carbons (Fsp3) is 0.250. The van der Waals surface area contributed by atoms with Gasteiger partial charge in [-0.15, -0.1) is 0 Å². The third-order valence-corrected chi connectivity index (χ3v) is 2.56. The van der Waals surface area contributed by atoms with Gasteiger partial charge >= 0.3 is 0 Å². The Kier molecular flexibility index (Phi) is 3.27. The zero-order valence-electron chi connectivity index (χ0n) is 8.94. The number of rotatable bonds is 3. The van der Waals surface area contributed by atoms with Crippen molar-refractivity contribution in [2.75, 3.05) is 11.9 Å². The molecule has 1 aromatic carbocycles. The van der Waals surface area contributed by atoms with Crippen molar-refractivity contribution in [2.45, 2.75) is 13.0 Å². The van der Waals surface area contributed by atoms with Crippen LogP contribution < -0.4 is 5.32 Å². The lowest BCUT2D eigenvalue weighted by atomic mass is 10.1. The number of benzene rings is 1. The van der Waals surface area contributed by atoms with Gasteiger partial charge in [-0.3, -0.25) is 0 Å². The lowest BCUT2D eigenvalue weighted by molar-refractivity contribution is 0.281. The molecule has 0 amide bonds. The molecule has 1 unspecified atom stereocenters. The van der Waals surface area contributed by atoms with E-state index in [4.69, 9.17) is 16.7 Å². The Morgan fingerprint density at radius 3 is 2.94 bits per heavy atom. The van der Waals surface area contributed by atoms with E-state index in [9.17, 15) is 0 Å². The third kappa shape index (κ3) is 2.26. The van der Waals surface area contributed by atoms with E-state index < -0.39 is 0 Å². The van der Waals surface area contributed by atoms with Crippen molar-refractivity contribution in [2.24, 2.45) is 0 Å².